The van der Waals surface area contributed by atoms with Crippen LogP contribution in [-0.4, -0.2) is 16.1 Å². The first-order valence-electron chi connectivity index (χ1n) is 7.14. The number of halogens is 1. The van der Waals surface area contributed by atoms with Gasteiger partial charge in [-0.15, -0.1) is 0 Å². The molecule has 1 atom stereocenters. The van der Waals surface area contributed by atoms with Gasteiger partial charge in [-0.3, -0.25) is 4.79 Å². The standard InChI is InChI=1S/C16H18FNO2/c17-11-5-6-15-12(8-11)14(9-18-15)13(16(19)20)7-10-3-1-2-4-10/h5-6,8-10,13,18H,1-4,7H2,(H,19,20). The number of hydrogen-bond acceptors (Lipinski definition) is 1. The summed E-state index contributed by atoms with van der Waals surface area (Å²) in [5, 5.41) is 10.2. The Bertz CT molecular complexity index is 628. The number of nitrogens with one attached hydrogen (secondary N) is 1. The fraction of sp³-hybridized carbons (Fsp3) is 0.438. The van der Waals surface area contributed by atoms with Crippen LogP contribution >= 0.6 is 0 Å². The lowest BCUT2D eigenvalue weighted by Crippen LogP contribution is -2.14. The van der Waals surface area contributed by atoms with Crippen molar-refractivity contribution in [3.8, 4) is 0 Å². The average molecular weight is 275 g/mol. The average Bonchev–Trinajstić information content (AvgIpc) is 3.04. The molecule has 0 amide bonds. The van der Waals surface area contributed by atoms with Crippen molar-refractivity contribution in [1.82, 2.24) is 4.98 Å². The van der Waals surface area contributed by atoms with E-state index in [2.05, 4.69) is 4.98 Å². The van der Waals surface area contributed by atoms with E-state index in [-0.39, 0.29) is 5.82 Å². The van der Waals surface area contributed by atoms with Crippen LogP contribution in [0.5, 0.6) is 0 Å². The third-order valence-corrected chi connectivity index (χ3v) is 4.39. The summed E-state index contributed by atoms with van der Waals surface area (Å²) < 4.78 is 13.4. The van der Waals surface area contributed by atoms with Gasteiger partial charge in [0.1, 0.15) is 5.82 Å². The highest BCUT2D eigenvalue weighted by Gasteiger charge is 2.28. The molecule has 106 valence electrons. The summed E-state index contributed by atoms with van der Waals surface area (Å²) >= 11 is 0. The van der Waals surface area contributed by atoms with Crippen molar-refractivity contribution in [3.63, 3.8) is 0 Å². The number of carboxylic acid groups (broad SMARTS) is 1. The smallest absolute Gasteiger partial charge is 0.311 e. The molecule has 1 unspecified atom stereocenters. The van der Waals surface area contributed by atoms with Gasteiger partial charge in [-0.1, -0.05) is 25.7 Å². The maximum absolute atomic E-state index is 13.4. The zero-order chi connectivity index (χ0) is 14.1. The van der Waals surface area contributed by atoms with Crippen LogP contribution in [0.15, 0.2) is 24.4 Å². The maximum atomic E-state index is 13.4. The first kappa shape index (κ1) is 13.2. The Labute approximate surface area is 116 Å². The van der Waals surface area contributed by atoms with Gasteiger partial charge in [0.15, 0.2) is 0 Å². The van der Waals surface area contributed by atoms with Gasteiger partial charge in [-0.25, -0.2) is 4.39 Å². The molecule has 20 heavy (non-hydrogen) atoms. The monoisotopic (exact) mass is 275 g/mol. The quantitative estimate of drug-likeness (QED) is 0.884. The first-order chi connectivity index (χ1) is 9.65. The van der Waals surface area contributed by atoms with Crippen molar-refractivity contribution >= 4 is 16.9 Å². The lowest BCUT2D eigenvalue weighted by atomic mass is 9.88. The summed E-state index contributed by atoms with van der Waals surface area (Å²) in [7, 11) is 0. The summed E-state index contributed by atoms with van der Waals surface area (Å²) in [6.45, 7) is 0. The lowest BCUT2D eigenvalue weighted by Gasteiger charge is -2.16. The number of aromatic nitrogens is 1. The molecule has 3 rings (SSSR count). The summed E-state index contributed by atoms with van der Waals surface area (Å²) in [5.74, 6) is -1.21. The van der Waals surface area contributed by atoms with E-state index in [1.54, 1.807) is 12.3 Å². The van der Waals surface area contributed by atoms with E-state index in [1.165, 1.54) is 25.0 Å². The molecule has 0 radical (unpaired) electrons. The van der Waals surface area contributed by atoms with Crippen LogP contribution in [-0.2, 0) is 4.79 Å². The molecule has 2 N–H and O–H groups in total. The normalized spacial score (nSPS) is 17.6. The minimum atomic E-state index is -0.818. The van der Waals surface area contributed by atoms with Crippen LogP contribution in [0.4, 0.5) is 4.39 Å². The van der Waals surface area contributed by atoms with E-state index in [4.69, 9.17) is 0 Å². The number of H-pyrrole nitrogens is 1. The van der Waals surface area contributed by atoms with Crippen molar-refractivity contribution in [2.75, 3.05) is 0 Å². The van der Waals surface area contributed by atoms with Crippen LogP contribution in [0.1, 0.15) is 43.6 Å². The van der Waals surface area contributed by atoms with Crippen LogP contribution in [0, 0.1) is 11.7 Å². The summed E-state index contributed by atoms with van der Waals surface area (Å²) in [5.41, 5.74) is 1.50. The summed E-state index contributed by atoms with van der Waals surface area (Å²) in [6.07, 6.45) is 6.98. The predicted octanol–water partition coefficient (Wildman–Crippen LogP) is 4.06. The van der Waals surface area contributed by atoms with Crippen molar-refractivity contribution in [2.24, 2.45) is 5.92 Å². The van der Waals surface area contributed by atoms with Gasteiger partial charge in [-0.05, 0) is 36.1 Å². The molecule has 1 saturated carbocycles. The second kappa shape index (κ2) is 5.27. The molecular formula is C16H18FNO2. The minimum Gasteiger partial charge on any atom is -0.481 e. The van der Waals surface area contributed by atoms with Crippen molar-refractivity contribution in [1.29, 1.82) is 0 Å². The van der Waals surface area contributed by atoms with Crippen molar-refractivity contribution in [2.45, 2.75) is 38.0 Å². The van der Waals surface area contributed by atoms with Crippen molar-refractivity contribution < 1.29 is 14.3 Å². The number of hydrogen-bond donors (Lipinski definition) is 2. The first-order valence-corrected chi connectivity index (χ1v) is 7.14. The fourth-order valence-corrected chi connectivity index (χ4v) is 3.34. The molecule has 1 aliphatic rings. The van der Waals surface area contributed by atoms with Crippen LogP contribution in [0.25, 0.3) is 10.9 Å². The SMILES string of the molecule is O=C(O)C(CC1CCCC1)c1c[nH]c2ccc(F)cc12. The van der Waals surface area contributed by atoms with Gasteiger partial charge in [0.2, 0.25) is 0 Å². The number of aromatic amines is 1. The molecule has 1 aliphatic carbocycles. The molecule has 2 aromatic rings. The molecule has 0 spiro atoms. The van der Waals surface area contributed by atoms with E-state index in [0.29, 0.717) is 23.3 Å². The maximum Gasteiger partial charge on any atom is 0.311 e. The van der Waals surface area contributed by atoms with Crippen molar-refractivity contribution in [3.05, 3.63) is 35.8 Å². The number of fused-ring (bicyclic) bond motifs is 1. The number of rotatable bonds is 4. The summed E-state index contributed by atoms with van der Waals surface area (Å²) in [6, 6.07) is 4.46. The van der Waals surface area contributed by atoms with Gasteiger partial charge in [0.05, 0.1) is 5.92 Å². The van der Waals surface area contributed by atoms with E-state index < -0.39 is 11.9 Å². The minimum absolute atomic E-state index is 0.330. The molecule has 0 aliphatic heterocycles. The third-order valence-electron chi connectivity index (χ3n) is 4.39. The zero-order valence-corrected chi connectivity index (χ0v) is 11.2. The summed E-state index contributed by atoms with van der Waals surface area (Å²) in [4.78, 5) is 14.7. The molecular weight excluding hydrogens is 257 g/mol. The molecule has 1 aromatic heterocycles. The fourth-order valence-electron chi connectivity index (χ4n) is 3.34. The van der Waals surface area contributed by atoms with Gasteiger partial charge in [-0.2, -0.15) is 0 Å². The predicted molar refractivity (Wildman–Crippen MR) is 75.2 cm³/mol. The third kappa shape index (κ3) is 2.42. The second-order valence-corrected chi connectivity index (χ2v) is 5.71. The number of carboxylic acids is 1. The van der Waals surface area contributed by atoms with Gasteiger partial charge >= 0.3 is 5.97 Å². The Morgan fingerprint density at radius 2 is 2.15 bits per heavy atom. The Kier molecular flexibility index (Phi) is 3.47. The lowest BCUT2D eigenvalue weighted by molar-refractivity contribution is -0.139. The molecule has 0 saturated heterocycles. The Hall–Kier alpha value is -1.84. The van der Waals surface area contributed by atoms with Gasteiger partial charge in [0, 0.05) is 17.1 Å². The highest BCUT2D eigenvalue weighted by Crippen LogP contribution is 2.36. The molecule has 3 nitrogen and oxygen atoms in total. The van der Waals surface area contributed by atoms with Crippen LogP contribution < -0.4 is 0 Å². The molecule has 0 bridgehead atoms. The van der Waals surface area contributed by atoms with E-state index in [0.717, 1.165) is 18.4 Å². The Balaban J connectivity index is 1.96. The number of carbonyl (C=O) groups is 1. The highest BCUT2D eigenvalue weighted by molar-refractivity contribution is 5.89. The second-order valence-electron chi connectivity index (χ2n) is 5.71. The largest absolute Gasteiger partial charge is 0.481 e. The number of aliphatic carboxylic acids is 1. The Morgan fingerprint density at radius 3 is 2.85 bits per heavy atom. The molecule has 4 heteroatoms. The topological polar surface area (TPSA) is 53.1 Å². The molecule has 1 fully saturated rings. The van der Waals surface area contributed by atoms with Gasteiger partial charge < -0.3 is 10.1 Å². The van der Waals surface area contributed by atoms with Crippen LogP contribution in [0.2, 0.25) is 0 Å². The molecule has 1 aromatic carbocycles. The zero-order valence-electron chi connectivity index (χ0n) is 11.2. The van der Waals surface area contributed by atoms with Crippen LogP contribution in [0.3, 0.4) is 0 Å². The highest BCUT2D eigenvalue weighted by atomic mass is 19.1. The van der Waals surface area contributed by atoms with Gasteiger partial charge in [0.25, 0.3) is 0 Å². The van der Waals surface area contributed by atoms with E-state index in [9.17, 15) is 14.3 Å². The Morgan fingerprint density at radius 1 is 1.40 bits per heavy atom. The van der Waals surface area contributed by atoms with E-state index >= 15 is 0 Å². The van der Waals surface area contributed by atoms with E-state index in [1.807, 2.05) is 0 Å². The number of benzene rings is 1. The molecule has 1 heterocycles.